The number of nitrogens with one attached hydrogen (secondary N) is 1. The average molecular weight is 223 g/mol. The van der Waals surface area contributed by atoms with Crippen LogP contribution in [-0.2, 0) is 0 Å². The minimum absolute atomic E-state index is 0.208. The normalized spacial score (nSPS) is 11.7. The molecular formula is C12H11F2NO. The number of hydrogen-bond acceptors (Lipinski definition) is 1. The zero-order valence-electron chi connectivity index (χ0n) is 8.97. The quantitative estimate of drug-likeness (QED) is 0.763. The zero-order valence-corrected chi connectivity index (χ0v) is 8.97. The Bertz CT molecular complexity index is 463. The molecule has 84 valence electrons. The lowest BCUT2D eigenvalue weighted by Crippen LogP contribution is -2.32. The van der Waals surface area contributed by atoms with Crippen LogP contribution in [-0.4, -0.2) is 11.9 Å². The summed E-state index contributed by atoms with van der Waals surface area (Å²) in [6, 6.07) is 1.74. The maximum Gasteiger partial charge on any atom is 0.258 e. The molecule has 1 rings (SSSR count). The molecule has 1 aromatic carbocycles. The summed E-state index contributed by atoms with van der Waals surface area (Å²) in [6.07, 6.45) is 5.05. The van der Waals surface area contributed by atoms with Crippen LogP contribution in [0.1, 0.15) is 22.8 Å². The van der Waals surface area contributed by atoms with E-state index in [1.165, 1.54) is 13.0 Å². The minimum atomic E-state index is -0.898. The molecule has 16 heavy (non-hydrogen) atoms. The van der Waals surface area contributed by atoms with Crippen LogP contribution in [0.5, 0.6) is 0 Å². The number of rotatable bonds is 2. The van der Waals surface area contributed by atoms with Gasteiger partial charge in [-0.15, -0.1) is 6.42 Å². The second kappa shape index (κ2) is 4.75. The minimum Gasteiger partial charge on any atom is -0.339 e. The van der Waals surface area contributed by atoms with Gasteiger partial charge in [0.1, 0.15) is 17.2 Å². The first kappa shape index (κ1) is 12.2. The van der Waals surface area contributed by atoms with Gasteiger partial charge in [-0.1, -0.05) is 12.0 Å². The highest BCUT2D eigenvalue weighted by Crippen LogP contribution is 2.16. The first-order valence-electron chi connectivity index (χ1n) is 4.69. The molecular weight excluding hydrogens is 212 g/mol. The molecule has 0 heterocycles. The molecule has 4 heteroatoms. The number of hydrogen-bond donors (Lipinski definition) is 1. The fourth-order valence-corrected chi connectivity index (χ4v) is 1.18. The standard InChI is InChI=1S/C12H11F2NO/c1-4-8(3)15-12(16)10-9(13)6-5-7(2)11(10)14/h1,5-6,8H,2-3H3,(H,15,16). The van der Waals surface area contributed by atoms with Gasteiger partial charge in [0.15, 0.2) is 0 Å². The summed E-state index contributed by atoms with van der Waals surface area (Å²) >= 11 is 0. The molecule has 1 aromatic rings. The van der Waals surface area contributed by atoms with Crippen molar-refractivity contribution in [2.45, 2.75) is 19.9 Å². The van der Waals surface area contributed by atoms with E-state index in [4.69, 9.17) is 6.42 Å². The van der Waals surface area contributed by atoms with E-state index in [-0.39, 0.29) is 5.56 Å². The van der Waals surface area contributed by atoms with Gasteiger partial charge >= 0.3 is 0 Å². The van der Waals surface area contributed by atoms with Crippen molar-refractivity contribution in [2.75, 3.05) is 0 Å². The van der Waals surface area contributed by atoms with Crippen LogP contribution >= 0.6 is 0 Å². The number of terminal acetylenes is 1. The van der Waals surface area contributed by atoms with E-state index in [1.807, 2.05) is 0 Å². The van der Waals surface area contributed by atoms with E-state index in [0.717, 1.165) is 6.07 Å². The third kappa shape index (κ3) is 2.37. The highest BCUT2D eigenvalue weighted by Gasteiger charge is 2.19. The van der Waals surface area contributed by atoms with Crippen molar-refractivity contribution in [1.29, 1.82) is 0 Å². The molecule has 0 spiro atoms. The van der Waals surface area contributed by atoms with Crippen molar-refractivity contribution < 1.29 is 13.6 Å². The second-order valence-corrected chi connectivity index (χ2v) is 3.42. The fourth-order valence-electron chi connectivity index (χ4n) is 1.18. The molecule has 0 aliphatic heterocycles. The van der Waals surface area contributed by atoms with Gasteiger partial charge < -0.3 is 5.32 Å². The summed E-state index contributed by atoms with van der Waals surface area (Å²) < 4.78 is 26.8. The summed E-state index contributed by atoms with van der Waals surface area (Å²) in [4.78, 5) is 11.5. The Morgan fingerprint density at radius 2 is 2.12 bits per heavy atom. The highest BCUT2D eigenvalue weighted by molar-refractivity contribution is 5.95. The Hall–Kier alpha value is -1.89. The molecule has 2 nitrogen and oxygen atoms in total. The zero-order chi connectivity index (χ0) is 12.3. The number of aryl methyl sites for hydroxylation is 1. The molecule has 0 aliphatic rings. The number of carbonyl (C=O) groups is 1. The molecule has 1 atom stereocenters. The van der Waals surface area contributed by atoms with Crippen molar-refractivity contribution in [3.63, 3.8) is 0 Å². The van der Waals surface area contributed by atoms with Gasteiger partial charge in [-0.05, 0) is 25.5 Å². The molecule has 0 aliphatic carbocycles. The van der Waals surface area contributed by atoms with Gasteiger partial charge in [0.25, 0.3) is 5.91 Å². The summed E-state index contributed by atoms with van der Waals surface area (Å²) in [5.74, 6) is -0.359. The maximum atomic E-state index is 13.5. The van der Waals surface area contributed by atoms with Crippen LogP contribution < -0.4 is 5.32 Å². The van der Waals surface area contributed by atoms with Crippen molar-refractivity contribution in [1.82, 2.24) is 5.32 Å². The van der Waals surface area contributed by atoms with Gasteiger partial charge in [-0.3, -0.25) is 4.79 Å². The number of carbonyl (C=O) groups excluding carboxylic acids is 1. The lowest BCUT2D eigenvalue weighted by molar-refractivity contribution is 0.0939. The monoisotopic (exact) mass is 223 g/mol. The molecule has 1 unspecified atom stereocenters. The smallest absolute Gasteiger partial charge is 0.258 e. The number of benzene rings is 1. The third-order valence-electron chi connectivity index (χ3n) is 2.11. The number of amides is 1. The predicted molar refractivity (Wildman–Crippen MR) is 56.9 cm³/mol. The van der Waals surface area contributed by atoms with Crippen molar-refractivity contribution >= 4 is 5.91 Å². The molecule has 0 saturated carbocycles. The van der Waals surface area contributed by atoms with E-state index < -0.39 is 29.1 Å². The van der Waals surface area contributed by atoms with Crippen molar-refractivity contribution in [3.05, 3.63) is 34.9 Å². The Kier molecular flexibility index (Phi) is 3.62. The van der Waals surface area contributed by atoms with Gasteiger partial charge in [0, 0.05) is 0 Å². The molecule has 0 saturated heterocycles. The molecule has 0 bridgehead atoms. The fraction of sp³-hybridized carbons (Fsp3) is 0.250. The maximum absolute atomic E-state index is 13.5. The SMILES string of the molecule is C#CC(C)NC(=O)c1c(F)ccc(C)c1F. The average Bonchev–Trinajstić information content (AvgIpc) is 2.24. The number of halogens is 2. The molecule has 0 fully saturated rings. The van der Waals surface area contributed by atoms with E-state index in [9.17, 15) is 13.6 Å². The summed E-state index contributed by atoms with van der Waals surface area (Å²) in [6.45, 7) is 3.00. The largest absolute Gasteiger partial charge is 0.339 e. The summed E-state index contributed by atoms with van der Waals surface area (Å²) in [5, 5.41) is 2.30. The summed E-state index contributed by atoms with van der Waals surface area (Å²) in [5.41, 5.74) is -0.387. The Morgan fingerprint density at radius 1 is 1.50 bits per heavy atom. The first-order valence-corrected chi connectivity index (χ1v) is 4.69. The topological polar surface area (TPSA) is 29.1 Å². The first-order chi connectivity index (χ1) is 7.47. The van der Waals surface area contributed by atoms with Gasteiger partial charge in [0.2, 0.25) is 0 Å². The second-order valence-electron chi connectivity index (χ2n) is 3.42. The molecule has 0 radical (unpaired) electrons. The van der Waals surface area contributed by atoms with Gasteiger partial charge in [-0.25, -0.2) is 8.78 Å². The Labute approximate surface area is 92.7 Å². The van der Waals surface area contributed by atoms with Gasteiger partial charge in [-0.2, -0.15) is 0 Å². The third-order valence-corrected chi connectivity index (χ3v) is 2.11. The van der Waals surface area contributed by atoms with Crippen LogP contribution in [0, 0.1) is 30.9 Å². The van der Waals surface area contributed by atoms with Crippen LogP contribution in [0.3, 0.4) is 0 Å². The highest BCUT2D eigenvalue weighted by atomic mass is 19.1. The van der Waals surface area contributed by atoms with E-state index in [1.54, 1.807) is 6.92 Å². The van der Waals surface area contributed by atoms with E-state index in [2.05, 4.69) is 11.2 Å². The lowest BCUT2D eigenvalue weighted by atomic mass is 10.1. The molecule has 1 amide bonds. The summed E-state index contributed by atoms with van der Waals surface area (Å²) in [7, 11) is 0. The van der Waals surface area contributed by atoms with E-state index in [0.29, 0.717) is 0 Å². The van der Waals surface area contributed by atoms with Crippen molar-refractivity contribution in [2.24, 2.45) is 0 Å². The lowest BCUT2D eigenvalue weighted by Gasteiger charge is -2.10. The van der Waals surface area contributed by atoms with E-state index >= 15 is 0 Å². The Balaban J connectivity index is 3.09. The van der Waals surface area contributed by atoms with Crippen LogP contribution in [0.4, 0.5) is 8.78 Å². The van der Waals surface area contributed by atoms with Crippen LogP contribution in [0.2, 0.25) is 0 Å². The molecule has 0 aromatic heterocycles. The van der Waals surface area contributed by atoms with Crippen LogP contribution in [0.15, 0.2) is 12.1 Å². The molecule has 1 N–H and O–H groups in total. The van der Waals surface area contributed by atoms with Gasteiger partial charge in [0.05, 0.1) is 6.04 Å². The van der Waals surface area contributed by atoms with Crippen molar-refractivity contribution in [3.8, 4) is 12.3 Å². The van der Waals surface area contributed by atoms with Crippen LogP contribution in [0.25, 0.3) is 0 Å². The Morgan fingerprint density at radius 3 is 2.69 bits per heavy atom. The predicted octanol–water partition coefficient (Wildman–Crippen LogP) is 2.02.